The van der Waals surface area contributed by atoms with Crippen LogP contribution in [0.3, 0.4) is 0 Å². The van der Waals surface area contributed by atoms with Crippen molar-refractivity contribution < 1.29 is 4.42 Å². The summed E-state index contributed by atoms with van der Waals surface area (Å²) in [5.41, 5.74) is 6.77. The van der Waals surface area contributed by atoms with Crippen molar-refractivity contribution in [1.29, 1.82) is 0 Å². The minimum absolute atomic E-state index is 0.502. The predicted octanol–water partition coefficient (Wildman–Crippen LogP) is 1.89. The third-order valence-electron chi connectivity index (χ3n) is 3.14. The molecule has 1 unspecified atom stereocenters. The number of aryl methyl sites for hydroxylation is 1. The highest BCUT2D eigenvalue weighted by molar-refractivity contribution is 5.19. The average molecular weight is 208 g/mol. The summed E-state index contributed by atoms with van der Waals surface area (Å²) in [6.07, 6.45) is 1.31. The quantitative estimate of drug-likeness (QED) is 0.824. The molecule has 1 aliphatic rings. The zero-order valence-electron chi connectivity index (χ0n) is 9.62. The number of nitrogens with zero attached hydrogens (tertiary/aromatic N) is 1. The molecule has 15 heavy (non-hydrogen) atoms. The van der Waals surface area contributed by atoms with Gasteiger partial charge in [-0.25, -0.2) is 0 Å². The Bertz CT molecular complexity index is 332. The summed E-state index contributed by atoms with van der Waals surface area (Å²) in [5.74, 6) is 2.81. The van der Waals surface area contributed by atoms with Gasteiger partial charge in [0.25, 0.3) is 0 Å². The van der Waals surface area contributed by atoms with Gasteiger partial charge in [-0.05, 0) is 37.4 Å². The van der Waals surface area contributed by atoms with Crippen LogP contribution in [0.15, 0.2) is 10.5 Å². The van der Waals surface area contributed by atoms with E-state index in [1.807, 2.05) is 0 Å². The van der Waals surface area contributed by atoms with Gasteiger partial charge in [-0.2, -0.15) is 0 Å². The molecule has 2 heterocycles. The maximum atomic E-state index is 5.69. The molecular weight excluding hydrogens is 188 g/mol. The zero-order chi connectivity index (χ0) is 10.8. The van der Waals surface area contributed by atoms with Crippen LogP contribution in [-0.4, -0.2) is 18.0 Å². The van der Waals surface area contributed by atoms with Crippen LogP contribution in [0.25, 0.3) is 0 Å². The lowest BCUT2D eigenvalue weighted by atomic mass is 10.2. The fourth-order valence-corrected chi connectivity index (χ4v) is 2.26. The number of hydrogen-bond acceptors (Lipinski definition) is 3. The van der Waals surface area contributed by atoms with Crippen molar-refractivity contribution in [3.05, 3.63) is 23.2 Å². The molecule has 1 saturated heterocycles. The van der Waals surface area contributed by atoms with E-state index in [9.17, 15) is 0 Å². The van der Waals surface area contributed by atoms with Crippen LogP contribution >= 0.6 is 0 Å². The Morgan fingerprint density at radius 3 is 2.93 bits per heavy atom. The van der Waals surface area contributed by atoms with Crippen molar-refractivity contribution in [3.63, 3.8) is 0 Å². The van der Waals surface area contributed by atoms with Crippen molar-refractivity contribution >= 4 is 0 Å². The predicted molar refractivity (Wildman–Crippen MR) is 60.4 cm³/mol. The normalized spacial score (nSPS) is 22.5. The highest BCUT2D eigenvalue weighted by Gasteiger charge is 2.19. The van der Waals surface area contributed by atoms with E-state index in [2.05, 4.69) is 24.8 Å². The number of rotatable bonds is 3. The smallest absolute Gasteiger partial charge is 0.120 e. The minimum atomic E-state index is 0.502. The third kappa shape index (κ3) is 2.41. The summed E-state index contributed by atoms with van der Waals surface area (Å²) in [7, 11) is 0. The highest BCUT2D eigenvalue weighted by Crippen LogP contribution is 2.20. The Kier molecular flexibility index (Phi) is 3.12. The summed E-state index contributed by atoms with van der Waals surface area (Å²) < 4.78 is 5.69. The molecule has 0 radical (unpaired) electrons. The Balaban J connectivity index is 1.98. The molecule has 2 rings (SSSR count). The van der Waals surface area contributed by atoms with E-state index in [-0.39, 0.29) is 0 Å². The number of hydrogen-bond donors (Lipinski definition) is 1. The first-order chi connectivity index (χ1) is 7.19. The number of likely N-dealkylation sites (tertiary alicyclic amines) is 1. The molecule has 0 saturated carbocycles. The van der Waals surface area contributed by atoms with E-state index in [0.717, 1.165) is 24.0 Å². The first kappa shape index (κ1) is 10.7. The second-order valence-electron chi connectivity index (χ2n) is 4.65. The molecule has 1 fully saturated rings. The molecular formula is C12H20N2O. The molecule has 2 N–H and O–H groups in total. The monoisotopic (exact) mass is 208 g/mol. The van der Waals surface area contributed by atoms with Gasteiger partial charge in [0.15, 0.2) is 0 Å². The molecule has 0 aliphatic carbocycles. The van der Waals surface area contributed by atoms with E-state index in [4.69, 9.17) is 10.2 Å². The second-order valence-corrected chi connectivity index (χ2v) is 4.65. The fourth-order valence-electron chi connectivity index (χ4n) is 2.26. The van der Waals surface area contributed by atoms with Gasteiger partial charge < -0.3 is 10.2 Å². The maximum absolute atomic E-state index is 5.69. The summed E-state index contributed by atoms with van der Waals surface area (Å²) in [6, 6.07) is 2.12. The second kappa shape index (κ2) is 4.37. The summed E-state index contributed by atoms with van der Waals surface area (Å²) >= 11 is 0. The SMILES string of the molecule is Cc1cc(CN2CCC(C)C2)oc1CN. The third-order valence-corrected chi connectivity index (χ3v) is 3.14. The van der Waals surface area contributed by atoms with Gasteiger partial charge in [-0.15, -0.1) is 0 Å². The van der Waals surface area contributed by atoms with Crippen LogP contribution < -0.4 is 5.73 Å². The van der Waals surface area contributed by atoms with E-state index in [1.54, 1.807) is 0 Å². The molecule has 0 aromatic carbocycles. The van der Waals surface area contributed by atoms with Crippen LogP contribution in [-0.2, 0) is 13.1 Å². The van der Waals surface area contributed by atoms with Crippen LogP contribution in [0.1, 0.15) is 30.4 Å². The first-order valence-corrected chi connectivity index (χ1v) is 5.69. The fraction of sp³-hybridized carbons (Fsp3) is 0.667. The summed E-state index contributed by atoms with van der Waals surface area (Å²) in [5, 5.41) is 0. The van der Waals surface area contributed by atoms with E-state index in [0.29, 0.717) is 6.54 Å². The van der Waals surface area contributed by atoms with Crippen LogP contribution in [0, 0.1) is 12.8 Å². The lowest BCUT2D eigenvalue weighted by Crippen LogP contribution is -2.19. The zero-order valence-corrected chi connectivity index (χ0v) is 9.62. The highest BCUT2D eigenvalue weighted by atomic mass is 16.3. The molecule has 84 valence electrons. The molecule has 1 aromatic heterocycles. The molecule has 0 amide bonds. The Morgan fingerprint density at radius 1 is 1.60 bits per heavy atom. The Labute approximate surface area is 91.2 Å². The van der Waals surface area contributed by atoms with E-state index in [1.165, 1.54) is 25.1 Å². The largest absolute Gasteiger partial charge is 0.463 e. The molecule has 3 heteroatoms. The van der Waals surface area contributed by atoms with Crippen molar-refractivity contribution in [2.75, 3.05) is 13.1 Å². The van der Waals surface area contributed by atoms with Crippen LogP contribution in [0.5, 0.6) is 0 Å². The molecule has 1 atom stereocenters. The molecule has 0 bridgehead atoms. The summed E-state index contributed by atoms with van der Waals surface area (Å²) in [6.45, 7) is 8.19. The van der Waals surface area contributed by atoms with Gasteiger partial charge in [-0.3, -0.25) is 4.90 Å². The summed E-state index contributed by atoms with van der Waals surface area (Å²) in [4.78, 5) is 2.45. The van der Waals surface area contributed by atoms with Gasteiger partial charge in [0.05, 0.1) is 13.1 Å². The maximum Gasteiger partial charge on any atom is 0.120 e. The Morgan fingerprint density at radius 2 is 2.40 bits per heavy atom. The van der Waals surface area contributed by atoms with E-state index < -0.39 is 0 Å². The Hall–Kier alpha value is -0.800. The average Bonchev–Trinajstić information content (AvgIpc) is 2.73. The van der Waals surface area contributed by atoms with Gasteiger partial charge in [0.1, 0.15) is 11.5 Å². The van der Waals surface area contributed by atoms with E-state index >= 15 is 0 Å². The topological polar surface area (TPSA) is 42.4 Å². The number of furan rings is 1. The lowest BCUT2D eigenvalue weighted by molar-refractivity contribution is 0.285. The van der Waals surface area contributed by atoms with Crippen molar-refractivity contribution in [2.24, 2.45) is 11.7 Å². The van der Waals surface area contributed by atoms with Crippen LogP contribution in [0.2, 0.25) is 0 Å². The van der Waals surface area contributed by atoms with Gasteiger partial charge in [0.2, 0.25) is 0 Å². The van der Waals surface area contributed by atoms with Gasteiger partial charge in [-0.1, -0.05) is 6.92 Å². The molecule has 1 aromatic rings. The van der Waals surface area contributed by atoms with Crippen molar-refractivity contribution in [3.8, 4) is 0 Å². The minimum Gasteiger partial charge on any atom is -0.463 e. The van der Waals surface area contributed by atoms with Crippen LogP contribution in [0.4, 0.5) is 0 Å². The molecule has 0 spiro atoms. The lowest BCUT2D eigenvalue weighted by Gasteiger charge is -2.12. The molecule has 1 aliphatic heterocycles. The standard InChI is InChI=1S/C12H20N2O/c1-9-3-4-14(7-9)8-11-5-10(2)12(6-13)15-11/h5,9H,3-4,6-8,13H2,1-2H3. The molecule has 3 nitrogen and oxygen atoms in total. The first-order valence-electron chi connectivity index (χ1n) is 5.69. The van der Waals surface area contributed by atoms with Gasteiger partial charge in [0, 0.05) is 6.54 Å². The van der Waals surface area contributed by atoms with Gasteiger partial charge >= 0.3 is 0 Å². The number of nitrogens with two attached hydrogens (primary N) is 1. The van der Waals surface area contributed by atoms with Crippen molar-refractivity contribution in [2.45, 2.75) is 33.4 Å². The van der Waals surface area contributed by atoms with Crippen molar-refractivity contribution in [1.82, 2.24) is 4.90 Å².